The van der Waals surface area contributed by atoms with Crippen LogP contribution in [-0.4, -0.2) is 84.8 Å². The molecule has 1 atom stereocenters. The molecule has 9 nitrogen and oxygen atoms in total. The molecular formula is C27H32N2O7. The van der Waals surface area contributed by atoms with Gasteiger partial charge in [0.2, 0.25) is 0 Å². The van der Waals surface area contributed by atoms with Crippen LogP contribution in [0.5, 0.6) is 17.2 Å². The molecule has 0 bridgehead atoms. The van der Waals surface area contributed by atoms with Gasteiger partial charge in [-0.25, -0.2) is 0 Å². The van der Waals surface area contributed by atoms with Gasteiger partial charge >= 0.3 is 0 Å². The van der Waals surface area contributed by atoms with E-state index in [4.69, 9.17) is 14.2 Å². The molecule has 4 rings (SSSR count). The van der Waals surface area contributed by atoms with E-state index in [1.165, 1.54) is 18.1 Å². The molecule has 0 saturated carbocycles. The van der Waals surface area contributed by atoms with E-state index < -0.39 is 17.7 Å². The molecule has 2 aliphatic rings. The van der Waals surface area contributed by atoms with Crippen LogP contribution in [0, 0.1) is 0 Å². The summed E-state index contributed by atoms with van der Waals surface area (Å²) < 4.78 is 16.3. The molecule has 2 fully saturated rings. The van der Waals surface area contributed by atoms with Gasteiger partial charge in [-0.15, -0.1) is 0 Å². The van der Waals surface area contributed by atoms with Gasteiger partial charge < -0.3 is 29.3 Å². The molecule has 0 radical (unpaired) electrons. The van der Waals surface area contributed by atoms with Crippen LogP contribution in [0.1, 0.15) is 30.5 Å². The summed E-state index contributed by atoms with van der Waals surface area (Å²) in [5.41, 5.74) is 0.952. The monoisotopic (exact) mass is 496 g/mol. The maximum absolute atomic E-state index is 13.2. The van der Waals surface area contributed by atoms with Gasteiger partial charge in [0.25, 0.3) is 11.7 Å². The molecule has 2 saturated heterocycles. The second-order valence-corrected chi connectivity index (χ2v) is 8.75. The smallest absolute Gasteiger partial charge is 0.295 e. The number of ketones is 1. The number of aromatic hydroxyl groups is 1. The predicted octanol–water partition coefficient (Wildman–Crippen LogP) is 2.94. The topological polar surface area (TPSA) is 109 Å². The van der Waals surface area contributed by atoms with Crippen LogP contribution in [0.4, 0.5) is 0 Å². The summed E-state index contributed by atoms with van der Waals surface area (Å²) in [6, 6.07) is 10.6. The number of rotatable bonds is 9. The number of benzene rings is 2. The van der Waals surface area contributed by atoms with E-state index >= 15 is 0 Å². The first kappa shape index (κ1) is 25.5. The Morgan fingerprint density at radius 2 is 1.81 bits per heavy atom. The zero-order valence-corrected chi connectivity index (χ0v) is 20.6. The van der Waals surface area contributed by atoms with Crippen molar-refractivity contribution in [2.75, 3.05) is 53.1 Å². The Hall–Kier alpha value is -3.56. The number of Topliss-reactive ketones (excluding diaryl/α,β-unsaturated/α-hetero) is 1. The minimum atomic E-state index is -0.837. The molecule has 0 spiro atoms. The minimum absolute atomic E-state index is 0.00283. The Labute approximate surface area is 210 Å². The molecule has 2 aromatic rings. The van der Waals surface area contributed by atoms with E-state index in [0.717, 1.165) is 19.5 Å². The number of carbonyl (C=O) groups is 2. The van der Waals surface area contributed by atoms with Crippen LogP contribution in [0.2, 0.25) is 0 Å². The van der Waals surface area contributed by atoms with Crippen molar-refractivity contribution in [2.24, 2.45) is 0 Å². The number of carbonyl (C=O) groups excluding carboxylic acids is 2. The average Bonchev–Trinajstić information content (AvgIpc) is 3.16. The van der Waals surface area contributed by atoms with E-state index in [2.05, 4.69) is 4.90 Å². The number of aliphatic hydroxyl groups is 1. The zero-order valence-electron chi connectivity index (χ0n) is 20.6. The van der Waals surface area contributed by atoms with E-state index in [1.54, 1.807) is 36.4 Å². The summed E-state index contributed by atoms with van der Waals surface area (Å²) >= 11 is 0. The van der Waals surface area contributed by atoms with Gasteiger partial charge in [-0.2, -0.15) is 0 Å². The van der Waals surface area contributed by atoms with Crippen LogP contribution in [0.3, 0.4) is 0 Å². The number of methoxy groups -OCH3 is 1. The van der Waals surface area contributed by atoms with E-state index in [0.29, 0.717) is 49.8 Å². The maximum atomic E-state index is 13.2. The largest absolute Gasteiger partial charge is 0.507 e. The fraction of sp³-hybridized carbons (Fsp3) is 0.407. The van der Waals surface area contributed by atoms with Crippen molar-refractivity contribution in [3.05, 3.63) is 59.2 Å². The molecule has 1 amide bonds. The lowest BCUT2D eigenvalue weighted by atomic mass is 9.95. The third-order valence-corrected chi connectivity index (χ3v) is 6.42. The lowest BCUT2D eigenvalue weighted by Gasteiger charge is -2.31. The first-order valence-electron chi connectivity index (χ1n) is 12.1. The van der Waals surface area contributed by atoms with E-state index in [1.807, 2.05) is 6.92 Å². The van der Waals surface area contributed by atoms with Crippen LogP contribution in [0.15, 0.2) is 48.0 Å². The number of morpholine rings is 1. The van der Waals surface area contributed by atoms with Crippen LogP contribution in [0.25, 0.3) is 5.76 Å². The molecule has 192 valence electrons. The van der Waals surface area contributed by atoms with Crippen molar-refractivity contribution in [3.8, 4) is 17.2 Å². The Morgan fingerprint density at radius 1 is 1.08 bits per heavy atom. The molecule has 0 aliphatic carbocycles. The number of phenols is 1. The second-order valence-electron chi connectivity index (χ2n) is 8.75. The number of likely N-dealkylation sites (tertiary alicyclic amines) is 1. The standard InChI is InChI=1S/C27H32N2O7/c1-3-14-36-20-7-4-18(5-8-20)25(31)23-24(19-6-9-21(30)22(17-19)34-2)29(27(33)26(23)32)11-10-28-12-15-35-16-13-28/h4-9,17,24,30-31H,3,10-16H2,1-2H3/b25-23+/t24-/m0/s1. The van der Waals surface area contributed by atoms with Gasteiger partial charge in [0.05, 0.1) is 38.5 Å². The summed E-state index contributed by atoms with van der Waals surface area (Å²) in [5, 5.41) is 21.4. The van der Waals surface area contributed by atoms with Gasteiger partial charge in [-0.3, -0.25) is 14.5 Å². The summed E-state index contributed by atoms with van der Waals surface area (Å²) in [5.74, 6) is -0.888. The summed E-state index contributed by atoms with van der Waals surface area (Å²) in [4.78, 5) is 30.1. The molecular weight excluding hydrogens is 464 g/mol. The number of amides is 1. The Morgan fingerprint density at radius 3 is 2.47 bits per heavy atom. The van der Waals surface area contributed by atoms with Gasteiger partial charge in [0.15, 0.2) is 11.5 Å². The normalized spacial score (nSPS) is 20.1. The van der Waals surface area contributed by atoms with Crippen molar-refractivity contribution >= 4 is 17.4 Å². The highest BCUT2D eigenvalue weighted by molar-refractivity contribution is 6.46. The fourth-order valence-corrected chi connectivity index (χ4v) is 4.48. The van der Waals surface area contributed by atoms with Crippen molar-refractivity contribution < 1.29 is 34.0 Å². The van der Waals surface area contributed by atoms with Crippen LogP contribution in [-0.2, 0) is 14.3 Å². The molecule has 2 N–H and O–H groups in total. The third-order valence-electron chi connectivity index (χ3n) is 6.42. The molecule has 0 aromatic heterocycles. The van der Waals surface area contributed by atoms with E-state index in [9.17, 15) is 19.8 Å². The van der Waals surface area contributed by atoms with Gasteiger partial charge in [0, 0.05) is 31.7 Å². The minimum Gasteiger partial charge on any atom is -0.507 e. The average molecular weight is 497 g/mol. The van der Waals surface area contributed by atoms with Crippen molar-refractivity contribution in [1.29, 1.82) is 0 Å². The highest BCUT2D eigenvalue weighted by atomic mass is 16.5. The van der Waals surface area contributed by atoms with Gasteiger partial charge in [-0.1, -0.05) is 13.0 Å². The van der Waals surface area contributed by atoms with Crippen molar-refractivity contribution in [3.63, 3.8) is 0 Å². The van der Waals surface area contributed by atoms with Crippen molar-refractivity contribution in [2.45, 2.75) is 19.4 Å². The summed E-state index contributed by atoms with van der Waals surface area (Å²) in [7, 11) is 1.43. The zero-order chi connectivity index (χ0) is 25.7. The van der Waals surface area contributed by atoms with Gasteiger partial charge in [0.1, 0.15) is 11.5 Å². The number of hydrogen-bond donors (Lipinski definition) is 2. The molecule has 36 heavy (non-hydrogen) atoms. The van der Waals surface area contributed by atoms with Crippen LogP contribution >= 0.6 is 0 Å². The highest BCUT2D eigenvalue weighted by Crippen LogP contribution is 2.41. The first-order chi connectivity index (χ1) is 17.4. The second kappa shape index (κ2) is 11.5. The Kier molecular flexibility index (Phi) is 8.12. The van der Waals surface area contributed by atoms with Gasteiger partial charge in [-0.05, 0) is 48.4 Å². The Balaban J connectivity index is 1.72. The lowest BCUT2D eigenvalue weighted by Crippen LogP contribution is -2.42. The van der Waals surface area contributed by atoms with Crippen LogP contribution < -0.4 is 9.47 Å². The predicted molar refractivity (Wildman–Crippen MR) is 133 cm³/mol. The third kappa shape index (κ3) is 5.32. The number of nitrogens with zero attached hydrogens (tertiary/aromatic N) is 2. The molecule has 9 heteroatoms. The molecule has 2 heterocycles. The number of phenolic OH excluding ortho intramolecular Hbond substituents is 1. The molecule has 0 unspecified atom stereocenters. The fourth-order valence-electron chi connectivity index (χ4n) is 4.48. The lowest BCUT2D eigenvalue weighted by molar-refractivity contribution is -0.140. The van der Waals surface area contributed by atoms with Crippen molar-refractivity contribution in [1.82, 2.24) is 9.80 Å². The summed E-state index contributed by atoms with van der Waals surface area (Å²) in [6.07, 6.45) is 0.867. The number of aliphatic hydroxyl groups excluding tert-OH is 1. The SMILES string of the molecule is CCCOc1ccc(/C(O)=C2\C(=O)C(=O)N(CCN3CCOCC3)[C@H]2c2ccc(O)c(OC)c2)cc1. The highest BCUT2D eigenvalue weighted by Gasteiger charge is 2.46. The molecule has 2 aliphatic heterocycles. The number of ether oxygens (including phenoxy) is 3. The quantitative estimate of drug-likeness (QED) is 0.310. The maximum Gasteiger partial charge on any atom is 0.295 e. The Bertz CT molecular complexity index is 1120. The summed E-state index contributed by atoms with van der Waals surface area (Å²) in [6.45, 7) is 6.16. The van der Waals surface area contributed by atoms with E-state index in [-0.39, 0.29) is 22.8 Å². The molecule has 2 aromatic carbocycles. The number of hydrogen-bond acceptors (Lipinski definition) is 8. The first-order valence-corrected chi connectivity index (χ1v) is 12.1.